The van der Waals surface area contributed by atoms with Crippen LogP contribution < -0.4 is 10.2 Å². The Bertz CT molecular complexity index is 452. The molecule has 0 radical (unpaired) electrons. The molecule has 1 aromatic rings. The first-order valence-electron chi connectivity index (χ1n) is 7.98. The number of aryl methyl sites for hydroxylation is 1. The minimum absolute atomic E-state index is 0.237. The van der Waals surface area contributed by atoms with Crippen molar-refractivity contribution in [3.8, 4) is 0 Å². The van der Waals surface area contributed by atoms with Crippen molar-refractivity contribution in [2.24, 2.45) is 0 Å². The molecule has 0 atom stereocenters. The van der Waals surface area contributed by atoms with Crippen molar-refractivity contribution < 1.29 is 5.11 Å². The number of benzene rings is 1. The Morgan fingerprint density at radius 2 is 2.05 bits per heavy atom. The molecule has 0 unspecified atom stereocenters. The molecule has 3 nitrogen and oxygen atoms in total. The third kappa shape index (κ3) is 3.15. The summed E-state index contributed by atoms with van der Waals surface area (Å²) in [5.74, 6) is 0. The molecule has 0 aliphatic heterocycles. The summed E-state index contributed by atoms with van der Waals surface area (Å²) in [5, 5.41) is 12.9. The van der Waals surface area contributed by atoms with Gasteiger partial charge in [0.25, 0.3) is 0 Å². The van der Waals surface area contributed by atoms with E-state index in [1.807, 2.05) is 0 Å². The summed E-state index contributed by atoms with van der Waals surface area (Å²) in [6.45, 7) is 4.17. The molecule has 2 N–H and O–H groups in total. The molecule has 0 heterocycles. The van der Waals surface area contributed by atoms with E-state index in [0.717, 1.165) is 19.1 Å². The van der Waals surface area contributed by atoms with Crippen LogP contribution in [-0.2, 0) is 6.54 Å². The summed E-state index contributed by atoms with van der Waals surface area (Å²) in [6, 6.07) is 8.17. The molecule has 20 heavy (non-hydrogen) atoms. The van der Waals surface area contributed by atoms with Crippen molar-refractivity contribution in [2.75, 3.05) is 18.1 Å². The van der Waals surface area contributed by atoms with E-state index in [0.29, 0.717) is 6.04 Å². The topological polar surface area (TPSA) is 35.5 Å². The first-order chi connectivity index (χ1) is 9.78. The SMILES string of the molecule is Cc1cc(CNC2CC2)ccc1N(CCO)C1CCC1. The highest BCUT2D eigenvalue weighted by atomic mass is 16.3. The second-order valence-corrected chi connectivity index (χ2v) is 6.28. The van der Waals surface area contributed by atoms with E-state index < -0.39 is 0 Å². The molecule has 2 fully saturated rings. The quantitative estimate of drug-likeness (QED) is 0.802. The molecule has 3 rings (SSSR count). The van der Waals surface area contributed by atoms with Crippen molar-refractivity contribution in [3.63, 3.8) is 0 Å². The molecule has 0 saturated heterocycles. The number of hydrogen-bond acceptors (Lipinski definition) is 3. The maximum atomic E-state index is 9.31. The van der Waals surface area contributed by atoms with Gasteiger partial charge in [0.2, 0.25) is 0 Å². The predicted octanol–water partition coefficient (Wildman–Crippen LogP) is 2.60. The maximum absolute atomic E-state index is 9.31. The van der Waals surface area contributed by atoms with Crippen molar-refractivity contribution in [1.82, 2.24) is 5.32 Å². The Labute approximate surface area is 122 Å². The van der Waals surface area contributed by atoms with Crippen LogP contribution in [0.25, 0.3) is 0 Å². The summed E-state index contributed by atoms with van der Waals surface area (Å²) in [4.78, 5) is 2.40. The second-order valence-electron chi connectivity index (χ2n) is 6.28. The molecule has 0 amide bonds. The van der Waals surface area contributed by atoms with Gasteiger partial charge in [0.05, 0.1) is 6.61 Å². The highest BCUT2D eigenvalue weighted by Gasteiger charge is 2.26. The Morgan fingerprint density at radius 1 is 1.25 bits per heavy atom. The molecule has 110 valence electrons. The van der Waals surface area contributed by atoms with Gasteiger partial charge in [-0.15, -0.1) is 0 Å². The van der Waals surface area contributed by atoms with Crippen molar-refractivity contribution >= 4 is 5.69 Å². The van der Waals surface area contributed by atoms with E-state index in [4.69, 9.17) is 0 Å². The standard InChI is InChI=1S/C17H26N2O/c1-13-11-14(12-18-15-6-7-15)5-8-17(13)19(9-10-20)16-3-2-4-16/h5,8,11,15-16,18,20H,2-4,6-7,9-10,12H2,1H3. The molecule has 2 saturated carbocycles. The zero-order valence-corrected chi connectivity index (χ0v) is 12.4. The Hall–Kier alpha value is -1.06. The minimum atomic E-state index is 0.237. The van der Waals surface area contributed by atoms with Gasteiger partial charge in [0.1, 0.15) is 0 Å². The van der Waals surface area contributed by atoms with Crippen LogP contribution in [0.4, 0.5) is 5.69 Å². The lowest BCUT2D eigenvalue weighted by Crippen LogP contribution is -2.42. The third-order valence-electron chi connectivity index (χ3n) is 4.60. The number of anilines is 1. The lowest BCUT2D eigenvalue weighted by molar-refractivity contribution is 0.283. The zero-order chi connectivity index (χ0) is 13.9. The lowest BCUT2D eigenvalue weighted by atomic mass is 9.90. The monoisotopic (exact) mass is 274 g/mol. The summed E-state index contributed by atoms with van der Waals surface area (Å²) in [7, 11) is 0. The minimum Gasteiger partial charge on any atom is -0.395 e. The van der Waals surface area contributed by atoms with Gasteiger partial charge in [-0.3, -0.25) is 0 Å². The average Bonchev–Trinajstić information content (AvgIpc) is 3.18. The van der Waals surface area contributed by atoms with Crippen LogP contribution in [0, 0.1) is 6.92 Å². The van der Waals surface area contributed by atoms with Crippen LogP contribution in [0.15, 0.2) is 18.2 Å². The summed E-state index contributed by atoms with van der Waals surface area (Å²) in [5.41, 5.74) is 4.01. The van der Waals surface area contributed by atoms with E-state index in [1.165, 1.54) is 48.9 Å². The summed E-state index contributed by atoms with van der Waals surface area (Å²) in [6.07, 6.45) is 6.54. The predicted molar refractivity (Wildman–Crippen MR) is 83.1 cm³/mol. The van der Waals surface area contributed by atoms with Crippen LogP contribution in [0.1, 0.15) is 43.2 Å². The first-order valence-corrected chi connectivity index (χ1v) is 7.98. The number of nitrogens with one attached hydrogen (secondary N) is 1. The molecular weight excluding hydrogens is 248 g/mol. The molecule has 0 bridgehead atoms. The van der Waals surface area contributed by atoms with E-state index in [-0.39, 0.29) is 6.61 Å². The van der Waals surface area contributed by atoms with Crippen molar-refractivity contribution in [1.29, 1.82) is 0 Å². The third-order valence-corrected chi connectivity index (χ3v) is 4.60. The van der Waals surface area contributed by atoms with Gasteiger partial charge in [-0.1, -0.05) is 12.1 Å². The van der Waals surface area contributed by atoms with Crippen molar-refractivity contribution in [3.05, 3.63) is 29.3 Å². The Kier molecular flexibility index (Phi) is 4.27. The maximum Gasteiger partial charge on any atom is 0.0606 e. The van der Waals surface area contributed by atoms with E-state index in [1.54, 1.807) is 0 Å². The fourth-order valence-corrected chi connectivity index (χ4v) is 3.01. The number of aliphatic hydroxyl groups excluding tert-OH is 1. The average molecular weight is 274 g/mol. The fraction of sp³-hybridized carbons (Fsp3) is 0.647. The number of hydrogen-bond donors (Lipinski definition) is 2. The molecular formula is C17H26N2O. The number of rotatable bonds is 7. The molecule has 3 heteroatoms. The van der Waals surface area contributed by atoms with Gasteiger partial charge in [-0.05, 0) is 56.2 Å². The Morgan fingerprint density at radius 3 is 2.60 bits per heavy atom. The zero-order valence-electron chi connectivity index (χ0n) is 12.4. The largest absolute Gasteiger partial charge is 0.395 e. The second kappa shape index (κ2) is 6.15. The van der Waals surface area contributed by atoms with Gasteiger partial charge in [0, 0.05) is 30.9 Å². The van der Waals surface area contributed by atoms with Gasteiger partial charge >= 0.3 is 0 Å². The van der Waals surface area contributed by atoms with E-state index >= 15 is 0 Å². The summed E-state index contributed by atoms with van der Waals surface area (Å²) < 4.78 is 0. The highest BCUT2D eigenvalue weighted by Crippen LogP contribution is 2.31. The van der Waals surface area contributed by atoms with Gasteiger partial charge in [0.15, 0.2) is 0 Å². The van der Waals surface area contributed by atoms with Crippen molar-refractivity contribution in [2.45, 2.75) is 57.7 Å². The van der Waals surface area contributed by atoms with Gasteiger partial charge in [-0.25, -0.2) is 0 Å². The number of nitrogens with zero attached hydrogens (tertiary/aromatic N) is 1. The van der Waals surface area contributed by atoms with Crippen LogP contribution in [0.3, 0.4) is 0 Å². The van der Waals surface area contributed by atoms with E-state index in [9.17, 15) is 5.11 Å². The molecule has 0 spiro atoms. The summed E-state index contributed by atoms with van der Waals surface area (Å²) >= 11 is 0. The van der Waals surface area contributed by atoms with Crippen LogP contribution in [0.5, 0.6) is 0 Å². The lowest BCUT2D eigenvalue weighted by Gasteiger charge is -2.39. The fourth-order valence-electron chi connectivity index (χ4n) is 3.01. The molecule has 2 aliphatic carbocycles. The normalized spacial score (nSPS) is 18.9. The molecule has 1 aromatic carbocycles. The molecule has 2 aliphatic rings. The van der Waals surface area contributed by atoms with Gasteiger partial charge in [-0.2, -0.15) is 0 Å². The number of aliphatic hydroxyl groups is 1. The van der Waals surface area contributed by atoms with Crippen LogP contribution in [-0.4, -0.2) is 30.3 Å². The molecule has 0 aromatic heterocycles. The Balaban J connectivity index is 1.70. The van der Waals surface area contributed by atoms with Crippen LogP contribution in [0.2, 0.25) is 0 Å². The van der Waals surface area contributed by atoms with Crippen LogP contribution >= 0.6 is 0 Å². The highest BCUT2D eigenvalue weighted by molar-refractivity contribution is 5.55. The first kappa shape index (κ1) is 13.9. The smallest absolute Gasteiger partial charge is 0.0606 e. The van der Waals surface area contributed by atoms with E-state index in [2.05, 4.69) is 35.3 Å². The van der Waals surface area contributed by atoms with Gasteiger partial charge < -0.3 is 15.3 Å².